The Morgan fingerprint density at radius 1 is 1.00 bits per heavy atom. The molecule has 4 aromatic rings. The number of halogens is 1. The standard InChI is InChI=1S/C24H17FN2O3S/c25-19-4-2-1-3-18(19)23(28)26-12-15-5-7-16(8-6-15)24-27-20(13-31-24)17-9-10-21-22(11-17)30-14-29-21/h1-11,13H,12,14H2,(H,26,28). The van der Waals surface area contributed by atoms with Crippen LogP contribution in [0.2, 0.25) is 0 Å². The largest absolute Gasteiger partial charge is 0.454 e. The van der Waals surface area contributed by atoms with E-state index < -0.39 is 11.7 Å². The number of carbonyl (C=O) groups excluding carboxylic acids is 1. The molecule has 154 valence electrons. The van der Waals surface area contributed by atoms with Gasteiger partial charge in [0.15, 0.2) is 11.5 Å². The first-order valence-electron chi connectivity index (χ1n) is 9.65. The van der Waals surface area contributed by atoms with Gasteiger partial charge in [0, 0.05) is 23.1 Å². The van der Waals surface area contributed by atoms with Gasteiger partial charge in [0.2, 0.25) is 6.79 Å². The zero-order chi connectivity index (χ0) is 21.2. The van der Waals surface area contributed by atoms with Crippen LogP contribution < -0.4 is 14.8 Å². The highest BCUT2D eigenvalue weighted by Crippen LogP contribution is 2.37. The molecule has 0 spiro atoms. The molecule has 3 aromatic carbocycles. The predicted molar refractivity (Wildman–Crippen MR) is 117 cm³/mol. The number of aromatic nitrogens is 1. The second kappa shape index (κ2) is 8.20. The van der Waals surface area contributed by atoms with Gasteiger partial charge in [-0.2, -0.15) is 0 Å². The Bertz CT molecular complexity index is 1250. The van der Waals surface area contributed by atoms with Crippen LogP contribution in [0.3, 0.4) is 0 Å². The average molecular weight is 432 g/mol. The number of thiazole rings is 1. The first-order chi connectivity index (χ1) is 15.2. The van der Waals surface area contributed by atoms with Gasteiger partial charge in [0.25, 0.3) is 5.91 Å². The molecule has 1 aliphatic rings. The van der Waals surface area contributed by atoms with E-state index in [1.807, 2.05) is 47.8 Å². The second-order valence-corrected chi connectivity index (χ2v) is 7.82. The summed E-state index contributed by atoms with van der Waals surface area (Å²) >= 11 is 1.56. The van der Waals surface area contributed by atoms with Crippen LogP contribution in [-0.2, 0) is 6.54 Å². The Labute approximate surface area is 182 Å². The van der Waals surface area contributed by atoms with Gasteiger partial charge in [-0.05, 0) is 35.9 Å². The number of nitrogens with one attached hydrogen (secondary N) is 1. The first-order valence-corrected chi connectivity index (χ1v) is 10.5. The predicted octanol–water partition coefficient (Wildman–Crippen LogP) is 5.27. The molecule has 31 heavy (non-hydrogen) atoms. The first kappa shape index (κ1) is 19.3. The van der Waals surface area contributed by atoms with Crippen LogP contribution in [0.4, 0.5) is 4.39 Å². The Balaban J connectivity index is 1.26. The molecule has 0 fully saturated rings. The minimum absolute atomic E-state index is 0.0398. The molecule has 1 amide bonds. The molecular formula is C24H17FN2O3S. The topological polar surface area (TPSA) is 60.5 Å². The van der Waals surface area contributed by atoms with E-state index in [1.165, 1.54) is 12.1 Å². The maximum atomic E-state index is 13.7. The lowest BCUT2D eigenvalue weighted by Gasteiger charge is -2.07. The summed E-state index contributed by atoms with van der Waals surface area (Å²) in [5.41, 5.74) is 3.79. The number of nitrogens with zero attached hydrogens (tertiary/aromatic N) is 1. The third-order valence-electron chi connectivity index (χ3n) is 4.94. The van der Waals surface area contributed by atoms with E-state index in [2.05, 4.69) is 5.32 Å². The number of hydrogen-bond donors (Lipinski definition) is 1. The lowest BCUT2D eigenvalue weighted by Crippen LogP contribution is -2.23. The highest BCUT2D eigenvalue weighted by molar-refractivity contribution is 7.13. The summed E-state index contributed by atoms with van der Waals surface area (Å²) in [5.74, 6) is 0.513. The van der Waals surface area contributed by atoms with E-state index in [1.54, 1.807) is 23.5 Å². The Morgan fingerprint density at radius 3 is 2.61 bits per heavy atom. The van der Waals surface area contributed by atoms with Gasteiger partial charge in [-0.1, -0.05) is 36.4 Å². The van der Waals surface area contributed by atoms with Crippen LogP contribution in [-0.4, -0.2) is 17.7 Å². The van der Waals surface area contributed by atoms with Gasteiger partial charge in [0.1, 0.15) is 10.8 Å². The molecule has 5 nitrogen and oxygen atoms in total. The zero-order valence-electron chi connectivity index (χ0n) is 16.3. The van der Waals surface area contributed by atoms with Gasteiger partial charge in [-0.25, -0.2) is 9.37 Å². The van der Waals surface area contributed by atoms with Crippen LogP contribution in [0, 0.1) is 5.82 Å². The molecule has 1 aliphatic heterocycles. The number of carbonyl (C=O) groups is 1. The van der Waals surface area contributed by atoms with E-state index in [4.69, 9.17) is 14.5 Å². The summed E-state index contributed by atoms with van der Waals surface area (Å²) in [4.78, 5) is 16.9. The zero-order valence-corrected chi connectivity index (χ0v) is 17.1. The fraction of sp³-hybridized carbons (Fsp3) is 0.0833. The van der Waals surface area contributed by atoms with E-state index in [-0.39, 0.29) is 12.4 Å². The summed E-state index contributed by atoms with van der Waals surface area (Å²) in [6.45, 7) is 0.557. The lowest BCUT2D eigenvalue weighted by molar-refractivity contribution is 0.0947. The molecule has 5 rings (SSSR count). The molecule has 0 saturated heterocycles. The summed E-state index contributed by atoms with van der Waals surface area (Å²) in [7, 11) is 0. The van der Waals surface area contributed by atoms with Crippen molar-refractivity contribution in [2.24, 2.45) is 0 Å². The fourth-order valence-corrected chi connectivity index (χ4v) is 4.12. The smallest absolute Gasteiger partial charge is 0.254 e. The molecular weight excluding hydrogens is 415 g/mol. The summed E-state index contributed by atoms with van der Waals surface area (Å²) in [5, 5.41) is 5.65. The Hall–Kier alpha value is -3.71. The number of benzene rings is 3. The van der Waals surface area contributed by atoms with E-state index in [0.29, 0.717) is 6.54 Å². The molecule has 0 radical (unpaired) electrons. The van der Waals surface area contributed by atoms with Crippen LogP contribution in [0.15, 0.2) is 72.1 Å². The molecule has 0 aliphatic carbocycles. The van der Waals surface area contributed by atoms with E-state index in [0.717, 1.165) is 38.9 Å². The summed E-state index contributed by atoms with van der Waals surface area (Å²) in [6, 6.07) is 19.5. The van der Waals surface area contributed by atoms with Crippen LogP contribution >= 0.6 is 11.3 Å². The normalized spacial score (nSPS) is 12.0. The molecule has 1 aromatic heterocycles. The SMILES string of the molecule is O=C(NCc1ccc(-c2nc(-c3ccc4c(c3)OCO4)cs2)cc1)c1ccccc1F. The van der Waals surface area contributed by atoms with Crippen LogP contribution in [0.25, 0.3) is 21.8 Å². The van der Waals surface area contributed by atoms with E-state index >= 15 is 0 Å². The number of fused-ring (bicyclic) bond motifs is 1. The number of rotatable bonds is 5. The fourth-order valence-electron chi connectivity index (χ4n) is 3.28. The summed E-state index contributed by atoms with van der Waals surface area (Å²) in [6.07, 6.45) is 0. The van der Waals surface area contributed by atoms with Gasteiger partial charge in [-0.3, -0.25) is 4.79 Å². The van der Waals surface area contributed by atoms with Crippen molar-refractivity contribution < 1.29 is 18.7 Å². The van der Waals surface area contributed by atoms with Crippen LogP contribution in [0.5, 0.6) is 11.5 Å². The highest BCUT2D eigenvalue weighted by Gasteiger charge is 2.15. The maximum absolute atomic E-state index is 13.7. The van der Waals surface area contributed by atoms with Gasteiger partial charge < -0.3 is 14.8 Å². The van der Waals surface area contributed by atoms with Gasteiger partial charge in [-0.15, -0.1) is 11.3 Å². The van der Waals surface area contributed by atoms with Crippen molar-refractivity contribution in [1.82, 2.24) is 10.3 Å². The van der Waals surface area contributed by atoms with Crippen molar-refractivity contribution in [3.8, 4) is 33.3 Å². The monoisotopic (exact) mass is 432 g/mol. The highest BCUT2D eigenvalue weighted by atomic mass is 32.1. The molecule has 0 bridgehead atoms. The number of ether oxygens (including phenoxy) is 2. The Kier molecular flexibility index (Phi) is 5.09. The van der Waals surface area contributed by atoms with Crippen LogP contribution in [0.1, 0.15) is 15.9 Å². The van der Waals surface area contributed by atoms with Crippen molar-refractivity contribution in [1.29, 1.82) is 0 Å². The number of amides is 1. The lowest BCUT2D eigenvalue weighted by atomic mass is 10.1. The molecule has 0 unspecified atom stereocenters. The third-order valence-corrected chi connectivity index (χ3v) is 5.84. The average Bonchev–Trinajstić information content (AvgIpc) is 3.47. The number of hydrogen-bond acceptors (Lipinski definition) is 5. The Morgan fingerprint density at radius 2 is 1.77 bits per heavy atom. The van der Waals surface area contributed by atoms with Crippen molar-refractivity contribution in [2.75, 3.05) is 6.79 Å². The molecule has 0 atom stereocenters. The van der Waals surface area contributed by atoms with Gasteiger partial charge >= 0.3 is 0 Å². The molecule has 7 heteroatoms. The summed E-state index contributed by atoms with van der Waals surface area (Å²) < 4.78 is 24.5. The molecule has 0 saturated carbocycles. The molecule has 1 N–H and O–H groups in total. The minimum atomic E-state index is -0.530. The van der Waals surface area contributed by atoms with Crippen molar-refractivity contribution in [2.45, 2.75) is 6.54 Å². The van der Waals surface area contributed by atoms with Gasteiger partial charge in [0.05, 0.1) is 11.3 Å². The van der Waals surface area contributed by atoms with E-state index in [9.17, 15) is 9.18 Å². The quantitative estimate of drug-likeness (QED) is 0.466. The maximum Gasteiger partial charge on any atom is 0.254 e. The minimum Gasteiger partial charge on any atom is -0.454 e. The van der Waals surface area contributed by atoms with Crippen molar-refractivity contribution in [3.63, 3.8) is 0 Å². The van der Waals surface area contributed by atoms with Crippen molar-refractivity contribution in [3.05, 3.63) is 89.1 Å². The third kappa shape index (κ3) is 4.00. The van der Waals surface area contributed by atoms with Crippen molar-refractivity contribution >= 4 is 17.2 Å². The second-order valence-electron chi connectivity index (χ2n) is 6.97. The molecule has 2 heterocycles.